The highest BCUT2D eigenvalue weighted by Crippen LogP contribution is 2.38. The van der Waals surface area contributed by atoms with E-state index in [4.69, 9.17) is 5.73 Å². The lowest BCUT2D eigenvalue weighted by molar-refractivity contribution is 0.482. The van der Waals surface area contributed by atoms with Crippen molar-refractivity contribution < 1.29 is 0 Å². The van der Waals surface area contributed by atoms with Crippen molar-refractivity contribution in [1.29, 1.82) is 0 Å². The van der Waals surface area contributed by atoms with Gasteiger partial charge in [0.1, 0.15) is 0 Å². The predicted octanol–water partition coefficient (Wildman–Crippen LogP) is 3.03. The van der Waals surface area contributed by atoms with Gasteiger partial charge in [0.05, 0.1) is 0 Å². The molecule has 0 radical (unpaired) electrons. The summed E-state index contributed by atoms with van der Waals surface area (Å²) >= 11 is 3.49. The predicted molar refractivity (Wildman–Crippen MR) is 66.1 cm³/mol. The quantitative estimate of drug-likeness (QED) is 0.838. The van der Waals surface area contributed by atoms with Gasteiger partial charge < -0.3 is 5.73 Å². The molecule has 0 aromatic heterocycles. The molecule has 3 heteroatoms. The molecule has 1 aromatic rings. The molecule has 0 aliphatic heterocycles. The van der Waals surface area contributed by atoms with E-state index in [0.717, 1.165) is 6.54 Å². The summed E-state index contributed by atoms with van der Waals surface area (Å²) in [6.45, 7) is 3.01. The number of nitrogens with two attached hydrogens (primary N) is 1. The van der Waals surface area contributed by atoms with Gasteiger partial charge in [-0.15, -0.1) is 12.4 Å². The molecule has 1 atom stereocenters. The van der Waals surface area contributed by atoms with Crippen LogP contribution in [0.4, 0.5) is 0 Å². The van der Waals surface area contributed by atoms with Crippen LogP contribution in [0, 0.1) is 0 Å². The van der Waals surface area contributed by atoms with Crippen LogP contribution in [-0.4, -0.2) is 6.54 Å². The van der Waals surface area contributed by atoms with E-state index < -0.39 is 0 Å². The standard InChI is InChI=1S/C11H14BrN.ClH/c1-11(7-13)5-4-8-6-9(12)2-3-10(8)11;/h2-3,6H,4-5,7,13H2,1H3;1H. The van der Waals surface area contributed by atoms with Crippen LogP contribution in [0.3, 0.4) is 0 Å². The Morgan fingerprint density at radius 3 is 2.86 bits per heavy atom. The van der Waals surface area contributed by atoms with Gasteiger partial charge in [-0.05, 0) is 36.1 Å². The maximum atomic E-state index is 5.81. The Morgan fingerprint density at radius 2 is 2.21 bits per heavy atom. The van der Waals surface area contributed by atoms with Gasteiger partial charge in [0.25, 0.3) is 0 Å². The van der Waals surface area contributed by atoms with Gasteiger partial charge in [-0.3, -0.25) is 0 Å². The normalized spacial score (nSPS) is 24.2. The molecule has 1 aliphatic carbocycles. The largest absolute Gasteiger partial charge is 0.330 e. The van der Waals surface area contributed by atoms with Crippen LogP contribution >= 0.6 is 28.3 Å². The van der Waals surface area contributed by atoms with E-state index in [-0.39, 0.29) is 17.8 Å². The van der Waals surface area contributed by atoms with Gasteiger partial charge in [-0.25, -0.2) is 0 Å². The molecule has 2 N–H and O–H groups in total. The highest BCUT2D eigenvalue weighted by atomic mass is 79.9. The van der Waals surface area contributed by atoms with E-state index in [1.54, 1.807) is 0 Å². The van der Waals surface area contributed by atoms with E-state index in [2.05, 4.69) is 41.1 Å². The number of hydrogen-bond donors (Lipinski definition) is 1. The molecule has 1 aromatic carbocycles. The summed E-state index contributed by atoms with van der Waals surface area (Å²) in [5.74, 6) is 0. The molecule has 1 aliphatic rings. The van der Waals surface area contributed by atoms with Crippen molar-refractivity contribution in [3.05, 3.63) is 33.8 Å². The van der Waals surface area contributed by atoms with Gasteiger partial charge in [0.2, 0.25) is 0 Å². The summed E-state index contributed by atoms with van der Waals surface area (Å²) in [7, 11) is 0. The van der Waals surface area contributed by atoms with Crippen LogP contribution in [0.2, 0.25) is 0 Å². The summed E-state index contributed by atoms with van der Waals surface area (Å²) in [6.07, 6.45) is 2.36. The molecule has 14 heavy (non-hydrogen) atoms. The van der Waals surface area contributed by atoms with Crippen molar-refractivity contribution in [1.82, 2.24) is 0 Å². The smallest absolute Gasteiger partial charge is 0.0178 e. The first-order valence-electron chi connectivity index (χ1n) is 4.65. The van der Waals surface area contributed by atoms with E-state index in [9.17, 15) is 0 Å². The Bertz CT molecular complexity index is 340. The molecule has 0 spiro atoms. The third kappa shape index (κ3) is 1.83. The molecule has 0 bridgehead atoms. The maximum absolute atomic E-state index is 5.81. The van der Waals surface area contributed by atoms with E-state index in [1.807, 2.05) is 0 Å². The second-order valence-electron chi connectivity index (χ2n) is 4.07. The van der Waals surface area contributed by atoms with Crippen molar-refractivity contribution in [2.45, 2.75) is 25.2 Å². The number of benzene rings is 1. The van der Waals surface area contributed by atoms with Gasteiger partial charge in [0.15, 0.2) is 0 Å². The van der Waals surface area contributed by atoms with E-state index in [1.165, 1.54) is 28.4 Å². The Balaban J connectivity index is 0.000000980. The van der Waals surface area contributed by atoms with Gasteiger partial charge >= 0.3 is 0 Å². The average Bonchev–Trinajstić information content (AvgIpc) is 2.45. The lowest BCUT2D eigenvalue weighted by Gasteiger charge is -2.22. The Kier molecular flexibility index (Phi) is 3.62. The highest BCUT2D eigenvalue weighted by molar-refractivity contribution is 9.10. The van der Waals surface area contributed by atoms with Crippen molar-refractivity contribution >= 4 is 28.3 Å². The minimum atomic E-state index is 0. The summed E-state index contributed by atoms with van der Waals surface area (Å²) in [5.41, 5.74) is 8.93. The minimum absolute atomic E-state index is 0. The summed E-state index contributed by atoms with van der Waals surface area (Å²) in [4.78, 5) is 0. The fraction of sp³-hybridized carbons (Fsp3) is 0.455. The van der Waals surface area contributed by atoms with Crippen molar-refractivity contribution in [2.24, 2.45) is 5.73 Å². The molecule has 1 unspecified atom stereocenters. The van der Waals surface area contributed by atoms with Crippen molar-refractivity contribution in [3.8, 4) is 0 Å². The topological polar surface area (TPSA) is 26.0 Å². The van der Waals surface area contributed by atoms with Gasteiger partial charge in [-0.2, -0.15) is 0 Å². The molecule has 0 saturated heterocycles. The molecule has 0 saturated carbocycles. The molecule has 2 rings (SSSR count). The third-order valence-electron chi connectivity index (χ3n) is 3.11. The second kappa shape index (κ2) is 4.21. The molecule has 1 nitrogen and oxygen atoms in total. The zero-order valence-electron chi connectivity index (χ0n) is 8.22. The van der Waals surface area contributed by atoms with Gasteiger partial charge in [0, 0.05) is 16.4 Å². The van der Waals surface area contributed by atoms with Crippen LogP contribution in [0.25, 0.3) is 0 Å². The van der Waals surface area contributed by atoms with Crippen LogP contribution < -0.4 is 5.73 Å². The average molecular weight is 277 g/mol. The first-order valence-corrected chi connectivity index (χ1v) is 5.44. The molecule has 0 heterocycles. The fourth-order valence-corrected chi connectivity index (χ4v) is 2.52. The van der Waals surface area contributed by atoms with Crippen molar-refractivity contribution in [2.75, 3.05) is 6.54 Å². The van der Waals surface area contributed by atoms with Crippen LogP contribution in [0.15, 0.2) is 22.7 Å². The lowest BCUT2D eigenvalue weighted by atomic mass is 9.84. The first-order chi connectivity index (χ1) is 6.15. The van der Waals surface area contributed by atoms with Crippen LogP contribution in [-0.2, 0) is 11.8 Å². The third-order valence-corrected chi connectivity index (χ3v) is 3.61. The minimum Gasteiger partial charge on any atom is -0.330 e. The van der Waals surface area contributed by atoms with Crippen LogP contribution in [0.1, 0.15) is 24.5 Å². The fourth-order valence-electron chi connectivity index (χ4n) is 2.12. The zero-order valence-corrected chi connectivity index (χ0v) is 10.6. The first kappa shape index (κ1) is 12.0. The monoisotopic (exact) mass is 275 g/mol. The Morgan fingerprint density at radius 1 is 1.50 bits per heavy atom. The van der Waals surface area contributed by atoms with Crippen LogP contribution in [0.5, 0.6) is 0 Å². The number of hydrogen-bond acceptors (Lipinski definition) is 1. The Labute approximate surface area is 99.6 Å². The molecule has 0 fully saturated rings. The van der Waals surface area contributed by atoms with E-state index in [0.29, 0.717) is 0 Å². The molecular formula is C11H15BrClN. The Hall–Kier alpha value is -0.0500. The number of rotatable bonds is 1. The summed E-state index contributed by atoms with van der Waals surface area (Å²) in [5, 5.41) is 0. The molecule has 78 valence electrons. The lowest BCUT2D eigenvalue weighted by Crippen LogP contribution is -2.28. The number of aryl methyl sites for hydroxylation is 1. The maximum Gasteiger partial charge on any atom is 0.0178 e. The SMILES string of the molecule is CC1(CN)CCc2cc(Br)ccc21.Cl. The molecular weight excluding hydrogens is 261 g/mol. The zero-order chi connectivity index (χ0) is 9.47. The molecule has 0 amide bonds. The number of halogens is 2. The van der Waals surface area contributed by atoms with E-state index >= 15 is 0 Å². The summed E-state index contributed by atoms with van der Waals surface area (Å²) in [6, 6.07) is 6.54. The highest BCUT2D eigenvalue weighted by Gasteiger charge is 2.32. The summed E-state index contributed by atoms with van der Waals surface area (Å²) < 4.78 is 1.17. The van der Waals surface area contributed by atoms with Crippen molar-refractivity contribution in [3.63, 3.8) is 0 Å². The number of fused-ring (bicyclic) bond motifs is 1. The second-order valence-corrected chi connectivity index (χ2v) is 4.98. The van der Waals surface area contributed by atoms with Gasteiger partial charge in [-0.1, -0.05) is 28.9 Å².